The second-order valence-electron chi connectivity index (χ2n) is 4.45. The SMILES string of the molecule is Cc1sc(CO)cc1S(=O)(=O)N(C)CCc1cccs1. The summed E-state index contributed by atoms with van der Waals surface area (Å²) in [5.74, 6) is 0. The summed E-state index contributed by atoms with van der Waals surface area (Å²) in [4.78, 5) is 2.87. The van der Waals surface area contributed by atoms with Gasteiger partial charge < -0.3 is 5.11 Å². The highest BCUT2D eigenvalue weighted by atomic mass is 32.2. The zero-order valence-electron chi connectivity index (χ0n) is 11.4. The standard InChI is InChI=1S/C13H17NO3S3/c1-10-13(8-12(9-15)19-10)20(16,17)14(2)6-5-11-4-3-7-18-11/h3-4,7-8,15H,5-6,9H2,1-2H3. The number of nitrogens with zero attached hydrogens (tertiary/aromatic N) is 1. The maximum Gasteiger partial charge on any atom is 0.243 e. The highest BCUT2D eigenvalue weighted by Crippen LogP contribution is 2.28. The van der Waals surface area contributed by atoms with E-state index in [1.165, 1.54) is 20.5 Å². The Hall–Kier alpha value is -0.730. The molecule has 0 spiro atoms. The molecule has 20 heavy (non-hydrogen) atoms. The van der Waals surface area contributed by atoms with E-state index in [-0.39, 0.29) is 6.61 Å². The van der Waals surface area contributed by atoms with E-state index in [2.05, 4.69) is 0 Å². The van der Waals surface area contributed by atoms with Gasteiger partial charge in [-0.25, -0.2) is 12.7 Å². The van der Waals surface area contributed by atoms with Gasteiger partial charge in [0.1, 0.15) is 0 Å². The van der Waals surface area contributed by atoms with Crippen molar-refractivity contribution in [1.82, 2.24) is 4.31 Å². The van der Waals surface area contributed by atoms with Crippen molar-refractivity contribution < 1.29 is 13.5 Å². The Morgan fingerprint density at radius 3 is 2.65 bits per heavy atom. The van der Waals surface area contributed by atoms with E-state index in [0.717, 1.165) is 4.88 Å². The summed E-state index contributed by atoms with van der Waals surface area (Å²) in [6.07, 6.45) is 0.712. The van der Waals surface area contributed by atoms with Gasteiger partial charge in [0, 0.05) is 28.2 Å². The molecule has 2 aromatic rings. The van der Waals surface area contributed by atoms with E-state index in [1.54, 1.807) is 31.4 Å². The largest absolute Gasteiger partial charge is 0.391 e. The molecule has 4 nitrogen and oxygen atoms in total. The highest BCUT2D eigenvalue weighted by Gasteiger charge is 2.24. The molecular weight excluding hydrogens is 314 g/mol. The Balaban J connectivity index is 2.14. The Morgan fingerprint density at radius 2 is 2.10 bits per heavy atom. The lowest BCUT2D eigenvalue weighted by Crippen LogP contribution is -2.29. The van der Waals surface area contributed by atoms with Gasteiger partial charge in [0.2, 0.25) is 10.0 Å². The monoisotopic (exact) mass is 331 g/mol. The summed E-state index contributed by atoms with van der Waals surface area (Å²) in [5, 5.41) is 11.1. The number of sulfonamides is 1. The van der Waals surface area contributed by atoms with Crippen LogP contribution in [0.4, 0.5) is 0 Å². The van der Waals surface area contributed by atoms with Crippen molar-refractivity contribution in [2.45, 2.75) is 24.8 Å². The predicted octanol–water partition coefficient (Wildman–Crippen LogP) is 2.47. The van der Waals surface area contributed by atoms with E-state index in [0.29, 0.717) is 22.7 Å². The quantitative estimate of drug-likeness (QED) is 0.885. The van der Waals surface area contributed by atoms with Crippen LogP contribution in [0.15, 0.2) is 28.5 Å². The number of aliphatic hydroxyl groups is 1. The minimum atomic E-state index is -3.47. The summed E-state index contributed by atoms with van der Waals surface area (Å²) in [6, 6.07) is 5.53. The van der Waals surface area contributed by atoms with E-state index in [1.807, 2.05) is 17.5 Å². The number of thiophene rings is 2. The van der Waals surface area contributed by atoms with Crippen LogP contribution in [0, 0.1) is 6.92 Å². The van der Waals surface area contributed by atoms with Crippen molar-refractivity contribution in [1.29, 1.82) is 0 Å². The molecule has 0 aliphatic rings. The Bertz CT molecular complexity index is 659. The van der Waals surface area contributed by atoms with Crippen LogP contribution < -0.4 is 0 Å². The van der Waals surface area contributed by atoms with Gasteiger partial charge in [0.15, 0.2) is 0 Å². The second-order valence-corrected chi connectivity index (χ2v) is 8.83. The lowest BCUT2D eigenvalue weighted by molar-refractivity contribution is 0.285. The molecule has 110 valence electrons. The molecule has 0 fully saturated rings. The summed E-state index contributed by atoms with van der Waals surface area (Å²) in [6.45, 7) is 2.09. The molecular formula is C13H17NO3S3. The number of hydrogen-bond acceptors (Lipinski definition) is 5. The molecule has 0 radical (unpaired) electrons. The smallest absolute Gasteiger partial charge is 0.243 e. The summed E-state index contributed by atoms with van der Waals surface area (Å²) in [5.41, 5.74) is 0. The molecule has 2 rings (SSSR count). The minimum Gasteiger partial charge on any atom is -0.391 e. The van der Waals surface area contributed by atoms with Gasteiger partial charge in [-0.2, -0.15) is 0 Å². The first-order valence-electron chi connectivity index (χ1n) is 6.14. The first kappa shape index (κ1) is 15.7. The van der Waals surface area contributed by atoms with Crippen molar-refractivity contribution in [2.75, 3.05) is 13.6 Å². The average Bonchev–Trinajstić information content (AvgIpc) is 3.04. The van der Waals surface area contributed by atoms with Gasteiger partial charge in [-0.1, -0.05) is 6.07 Å². The van der Waals surface area contributed by atoms with E-state index in [4.69, 9.17) is 5.11 Å². The topological polar surface area (TPSA) is 57.6 Å². The van der Waals surface area contributed by atoms with Crippen LogP contribution in [-0.2, 0) is 23.1 Å². The van der Waals surface area contributed by atoms with Gasteiger partial charge in [-0.15, -0.1) is 22.7 Å². The molecule has 0 unspecified atom stereocenters. The molecule has 0 atom stereocenters. The van der Waals surface area contributed by atoms with Crippen LogP contribution in [0.25, 0.3) is 0 Å². The fourth-order valence-corrected chi connectivity index (χ4v) is 5.20. The summed E-state index contributed by atoms with van der Waals surface area (Å²) < 4.78 is 26.4. The van der Waals surface area contributed by atoms with Crippen LogP contribution in [-0.4, -0.2) is 31.4 Å². The van der Waals surface area contributed by atoms with Crippen molar-refractivity contribution >= 4 is 32.7 Å². The number of likely N-dealkylation sites (N-methyl/N-ethyl adjacent to an activating group) is 1. The lowest BCUT2D eigenvalue weighted by Gasteiger charge is -2.16. The van der Waals surface area contributed by atoms with Crippen LogP contribution in [0.3, 0.4) is 0 Å². The van der Waals surface area contributed by atoms with Crippen LogP contribution in [0.2, 0.25) is 0 Å². The third-order valence-electron chi connectivity index (χ3n) is 3.02. The van der Waals surface area contributed by atoms with E-state index < -0.39 is 10.0 Å². The third-order valence-corrected chi connectivity index (χ3v) is 7.10. The second kappa shape index (κ2) is 6.36. The van der Waals surface area contributed by atoms with Crippen molar-refractivity contribution in [3.63, 3.8) is 0 Å². The fourth-order valence-electron chi connectivity index (χ4n) is 1.87. The first-order valence-corrected chi connectivity index (χ1v) is 9.27. The molecule has 0 aromatic carbocycles. The zero-order chi connectivity index (χ0) is 14.8. The average molecular weight is 331 g/mol. The number of hydrogen-bond donors (Lipinski definition) is 1. The van der Waals surface area contributed by atoms with Gasteiger partial charge >= 0.3 is 0 Å². The first-order chi connectivity index (χ1) is 9.45. The molecule has 0 aliphatic heterocycles. The molecule has 2 aromatic heterocycles. The van der Waals surface area contributed by atoms with Gasteiger partial charge in [0.25, 0.3) is 0 Å². The molecule has 7 heteroatoms. The Morgan fingerprint density at radius 1 is 1.35 bits per heavy atom. The molecule has 0 bridgehead atoms. The maximum atomic E-state index is 12.5. The molecule has 0 aliphatic carbocycles. The predicted molar refractivity (Wildman–Crippen MR) is 82.8 cm³/mol. The van der Waals surface area contributed by atoms with Gasteiger partial charge in [-0.3, -0.25) is 0 Å². The van der Waals surface area contributed by atoms with Crippen molar-refractivity contribution in [3.05, 3.63) is 38.2 Å². The van der Waals surface area contributed by atoms with Crippen LogP contribution >= 0.6 is 22.7 Å². The minimum absolute atomic E-state index is 0.125. The van der Waals surface area contributed by atoms with Crippen molar-refractivity contribution in [2.24, 2.45) is 0 Å². The zero-order valence-corrected chi connectivity index (χ0v) is 13.8. The molecule has 0 amide bonds. The number of aliphatic hydroxyl groups excluding tert-OH is 1. The van der Waals surface area contributed by atoms with Crippen molar-refractivity contribution in [3.8, 4) is 0 Å². The third kappa shape index (κ3) is 3.29. The Labute approximate surface area is 127 Å². The van der Waals surface area contributed by atoms with E-state index >= 15 is 0 Å². The van der Waals surface area contributed by atoms with Gasteiger partial charge in [-0.05, 0) is 30.9 Å². The molecule has 2 heterocycles. The Kier molecular flexibility index (Phi) is 4.98. The van der Waals surface area contributed by atoms with E-state index in [9.17, 15) is 8.42 Å². The number of aryl methyl sites for hydroxylation is 1. The maximum absolute atomic E-state index is 12.5. The molecule has 1 N–H and O–H groups in total. The normalized spacial score (nSPS) is 12.2. The molecule has 0 saturated heterocycles. The van der Waals surface area contributed by atoms with Gasteiger partial charge in [0.05, 0.1) is 11.5 Å². The lowest BCUT2D eigenvalue weighted by atomic mass is 10.3. The molecule has 0 saturated carbocycles. The summed E-state index contributed by atoms with van der Waals surface area (Å²) in [7, 11) is -1.88. The fraction of sp³-hybridized carbons (Fsp3) is 0.385. The van der Waals surface area contributed by atoms with Crippen LogP contribution in [0.1, 0.15) is 14.6 Å². The highest BCUT2D eigenvalue weighted by molar-refractivity contribution is 7.89. The van der Waals surface area contributed by atoms with Crippen LogP contribution in [0.5, 0.6) is 0 Å². The number of rotatable bonds is 6. The summed E-state index contributed by atoms with van der Waals surface area (Å²) >= 11 is 2.95.